The molecule has 0 aromatic heterocycles. The topological polar surface area (TPSA) is 9.23 Å². The van der Waals surface area contributed by atoms with Gasteiger partial charge >= 0.3 is 0 Å². The van der Waals surface area contributed by atoms with Crippen LogP contribution in [0.5, 0.6) is 0 Å². The quantitative estimate of drug-likeness (QED) is 0.324. The maximum atomic E-state index is 5.74. The molecular weight excluding hydrogens is 256 g/mol. The molecule has 2 unspecified atom stereocenters. The Morgan fingerprint density at radius 1 is 0.524 bits per heavy atom. The van der Waals surface area contributed by atoms with Gasteiger partial charge in [0.05, 0.1) is 0 Å². The third kappa shape index (κ3) is 13.4. The zero-order valence-electron chi connectivity index (χ0n) is 15.8. The van der Waals surface area contributed by atoms with Crippen molar-refractivity contribution < 1.29 is 4.74 Å². The number of hydrogen-bond acceptors (Lipinski definition) is 1. The molecule has 1 heteroatoms. The molecular formula is C20H42O. The Balaban J connectivity index is 3.16. The Morgan fingerprint density at radius 2 is 0.905 bits per heavy atom. The van der Waals surface area contributed by atoms with Crippen LogP contribution in [0.3, 0.4) is 0 Å². The molecule has 0 spiro atoms. The Labute approximate surface area is 135 Å². The third-order valence-corrected chi connectivity index (χ3v) is 5.17. The molecule has 2 atom stereocenters. The zero-order chi connectivity index (χ0) is 16.1. The molecule has 1 nitrogen and oxygen atoms in total. The number of ether oxygens (including phenoxy) is 1. The molecule has 128 valence electrons. The van der Waals surface area contributed by atoms with Gasteiger partial charge in [-0.1, -0.05) is 80.1 Å². The summed E-state index contributed by atoms with van der Waals surface area (Å²) < 4.78 is 5.74. The molecule has 0 aliphatic carbocycles. The lowest BCUT2D eigenvalue weighted by atomic mass is 9.92. The molecule has 0 fully saturated rings. The number of hydrogen-bond donors (Lipinski definition) is 0. The predicted octanol–water partition coefficient (Wildman–Crippen LogP) is 6.71. The van der Waals surface area contributed by atoms with E-state index in [0.717, 1.165) is 36.9 Å². The molecule has 0 radical (unpaired) electrons. The smallest absolute Gasteiger partial charge is 0.0466 e. The molecule has 0 amide bonds. The fourth-order valence-electron chi connectivity index (χ4n) is 2.46. The van der Waals surface area contributed by atoms with Gasteiger partial charge in [0.25, 0.3) is 0 Å². The maximum Gasteiger partial charge on any atom is 0.0466 e. The van der Waals surface area contributed by atoms with Crippen LogP contribution in [-0.2, 0) is 4.74 Å². The van der Waals surface area contributed by atoms with Gasteiger partial charge in [-0.05, 0) is 36.5 Å². The van der Waals surface area contributed by atoms with E-state index in [-0.39, 0.29) is 0 Å². The van der Waals surface area contributed by atoms with E-state index in [1.165, 1.54) is 51.4 Å². The van der Waals surface area contributed by atoms with Crippen LogP contribution in [0.4, 0.5) is 0 Å². The first kappa shape index (κ1) is 21.0. The molecule has 21 heavy (non-hydrogen) atoms. The second kappa shape index (κ2) is 13.6. The number of unbranched alkanes of at least 4 members (excludes halogenated alkanes) is 4. The highest BCUT2D eigenvalue weighted by Gasteiger charge is 2.06. The first-order valence-electron chi connectivity index (χ1n) is 9.52. The zero-order valence-corrected chi connectivity index (χ0v) is 15.8. The summed E-state index contributed by atoms with van der Waals surface area (Å²) >= 11 is 0. The van der Waals surface area contributed by atoms with Gasteiger partial charge in [0.2, 0.25) is 0 Å². The van der Waals surface area contributed by atoms with Crippen molar-refractivity contribution in [1.82, 2.24) is 0 Å². The van der Waals surface area contributed by atoms with E-state index in [9.17, 15) is 0 Å². The predicted molar refractivity (Wildman–Crippen MR) is 95.8 cm³/mol. The van der Waals surface area contributed by atoms with Gasteiger partial charge in [-0.15, -0.1) is 0 Å². The lowest BCUT2D eigenvalue weighted by Crippen LogP contribution is -2.04. The van der Waals surface area contributed by atoms with Crippen molar-refractivity contribution in [2.75, 3.05) is 13.2 Å². The van der Waals surface area contributed by atoms with E-state index < -0.39 is 0 Å². The Bertz CT molecular complexity index is 188. The molecule has 0 saturated heterocycles. The van der Waals surface area contributed by atoms with Gasteiger partial charge < -0.3 is 4.74 Å². The summed E-state index contributed by atoms with van der Waals surface area (Å²) in [5.41, 5.74) is 0. The van der Waals surface area contributed by atoms with Crippen LogP contribution in [0.25, 0.3) is 0 Å². The van der Waals surface area contributed by atoms with E-state index in [4.69, 9.17) is 4.74 Å². The molecule has 0 bridgehead atoms. The minimum absolute atomic E-state index is 0.833. The fraction of sp³-hybridized carbons (Fsp3) is 1.00. The Kier molecular flexibility index (Phi) is 13.6. The summed E-state index contributed by atoms with van der Waals surface area (Å²) in [5, 5.41) is 0. The van der Waals surface area contributed by atoms with Gasteiger partial charge in [0, 0.05) is 13.2 Å². The van der Waals surface area contributed by atoms with E-state index in [1.54, 1.807) is 0 Å². The van der Waals surface area contributed by atoms with E-state index in [2.05, 4.69) is 41.5 Å². The second-order valence-corrected chi connectivity index (χ2v) is 7.75. The minimum Gasteiger partial charge on any atom is -0.381 e. The van der Waals surface area contributed by atoms with Crippen LogP contribution >= 0.6 is 0 Å². The van der Waals surface area contributed by atoms with Crippen LogP contribution in [-0.4, -0.2) is 13.2 Å². The van der Waals surface area contributed by atoms with Crippen molar-refractivity contribution in [3.63, 3.8) is 0 Å². The van der Waals surface area contributed by atoms with Gasteiger partial charge in [0.1, 0.15) is 0 Å². The highest BCUT2D eigenvalue weighted by Crippen LogP contribution is 2.18. The van der Waals surface area contributed by atoms with Gasteiger partial charge in [-0.3, -0.25) is 0 Å². The van der Waals surface area contributed by atoms with Crippen molar-refractivity contribution in [3.05, 3.63) is 0 Å². The lowest BCUT2D eigenvalue weighted by Gasteiger charge is -2.15. The van der Waals surface area contributed by atoms with Crippen LogP contribution in [0.15, 0.2) is 0 Å². The summed E-state index contributed by atoms with van der Waals surface area (Å²) in [5.74, 6) is 3.41. The fourth-order valence-corrected chi connectivity index (χ4v) is 2.46. The van der Waals surface area contributed by atoms with Crippen molar-refractivity contribution in [3.8, 4) is 0 Å². The summed E-state index contributed by atoms with van der Waals surface area (Å²) in [4.78, 5) is 0. The minimum atomic E-state index is 0.833. The van der Waals surface area contributed by atoms with Gasteiger partial charge in [0.15, 0.2) is 0 Å². The van der Waals surface area contributed by atoms with E-state index in [1.807, 2.05) is 0 Å². The highest BCUT2D eigenvalue weighted by atomic mass is 16.5. The summed E-state index contributed by atoms with van der Waals surface area (Å²) in [6, 6.07) is 0. The molecule has 0 aromatic carbocycles. The van der Waals surface area contributed by atoms with Crippen molar-refractivity contribution in [1.29, 1.82) is 0 Å². The van der Waals surface area contributed by atoms with Gasteiger partial charge in [-0.25, -0.2) is 0 Å². The first-order valence-corrected chi connectivity index (χ1v) is 9.52. The van der Waals surface area contributed by atoms with Crippen molar-refractivity contribution in [2.45, 2.75) is 92.9 Å². The Morgan fingerprint density at radius 3 is 1.24 bits per heavy atom. The van der Waals surface area contributed by atoms with E-state index >= 15 is 0 Å². The molecule has 0 aliphatic rings. The monoisotopic (exact) mass is 298 g/mol. The SMILES string of the molecule is CC(C)C(C)CCCCCOCCCCCC(C)C(C)C. The van der Waals surface area contributed by atoms with Crippen LogP contribution < -0.4 is 0 Å². The van der Waals surface area contributed by atoms with Crippen molar-refractivity contribution in [2.24, 2.45) is 23.7 Å². The molecule has 0 aromatic rings. The number of rotatable bonds is 14. The standard InChI is InChI=1S/C20H42O/c1-17(2)19(5)13-9-7-11-15-21-16-12-8-10-14-20(6)18(3)4/h17-20H,7-16H2,1-6H3. The summed E-state index contributed by atoms with van der Waals surface area (Å²) in [7, 11) is 0. The van der Waals surface area contributed by atoms with Crippen molar-refractivity contribution >= 4 is 0 Å². The molecule has 0 aliphatic heterocycles. The second-order valence-electron chi connectivity index (χ2n) is 7.75. The Hall–Kier alpha value is -0.0400. The van der Waals surface area contributed by atoms with Gasteiger partial charge in [-0.2, -0.15) is 0 Å². The lowest BCUT2D eigenvalue weighted by molar-refractivity contribution is 0.125. The highest BCUT2D eigenvalue weighted by molar-refractivity contribution is 4.58. The van der Waals surface area contributed by atoms with E-state index in [0.29, 0.717) is 0 Å². The van der Waals surface area contributed by atoms with Crippen LogP contribution in [0.1, 0.15) is 92.9 Å². The summed E-state index contributed by atoms with van der Waals surface area (Å²) in [6.45, 7) is 16.0. The molecule has 0 heterocycles. The molecule has 0 rings (SSSR count). The van der Waals surface area contributed by atoms with Crippen LogP contribution in [0.2, 0.25) is 0 Å². The van der Waals surface area contributed by atoms with Crippen LogP contribution in [0, 0.1) is 23.7 Å². The average Bonchev–Trinajstić information content (AvgIpc) is 2.43. The maximum absolute atomic E-state index is 5.74. The molecule has 0 N–H and O–H groups in total. The first-order chi connectivity index (χ1) is 9.95. The normalized spacial score (nSPS) is 14.9. The third-order valence-electron chi connectivity index (χ3n) is 5.17. The largest absolute Gasteiger partial charge is 0.381 e. The molecule has 0 saturated carbocycles. The average molecular weight is 299 g/mol. The summed E-state index contributed by atoms with van der Waals surface area (Å²) in [6.07, 6.45) is 10.7.